The SMILES string of the molecule is Cc1c(C(F)F)cnc(C(=O)Cl)c1N. The van der Waals surface area contributed by atoms with Crippen molar-refractivity contribution in [3.05, 3.63) is 23.0 Å². The molecule has 0 atom stereocenters. The van der Waals surface area contributed by atoms with E-state index in [-0.39, 0.29) is 22.5 Å². The van der Waals surface area contributed by atoms with E-state index in [0.717, 1.165) is 6.20 Å². The van der Waals surface area contributed by atoms with Crippen LogP contribution in [0.4, 0.5) is 14.5 Å². The summed E-state index contributed by atoms with van der Waals surface area (Å²) >= 11 is 5.14. The highest BCUT2D eigenvalue weighted by molar-refractivity contribution is 6.68. The second-order valence-electron chi connectivity index (χ2n) is 2.68. The summed E-state index contributed by atoms with van der Waals surface area (Å²) in [4.78, 5) is 14.2. The quantitative estimate of drug-likeness (QED) is 0.778. The van der Waals surface area contributed by atoms with Crippen molar-refractivity contribution in [1.82, 2.24) is 4.98 Å². The molecule has 0 aromatic carbocycles. The number of halogens is 3. The van der Waals surface area contributed by atoms with Crippen molar-refractivity contribution in [2.75, 3.05) is 5.73 Å². The Morgan fingerprint density at radius 2 is 2.21 bits per heavy atom. The summed E-state index contributed by atoms with van der Waals surface area (Å²) in [6.07, 6.45) is -1.75. The molecule has 0 aliphatic carbocycles. The molecule has 0 bridgehead atoms. The van der Waals surface area contributed by atoms with Gasteiger partial charge in [0.1, 0.15) is 5.69 Å². The molecule has 1 aromatic heterocycles. The van der Waals surface area contributed by atoms with Crippen LogP contribution in [-0.2, 0) is 0 Å². The number of nitrogen functional groups attached to an aromatic ring is 1. The zero-order valence-corrected chi connectivity index (χ0v) is 7.98. The van der Waals surface area contributed by atoms with Gasteiger partial charge < -0.3 is 5.73 Å². The van der Waals surface area contributed by atoms with E-state index in [9.17, 15) is 13.6 Å². The molecule has 3 nitrogen and oxygen atoms in total. The fourth-order valence-electron chi connectivity index (χ4n) is 1.01. The first kappa shape index (κ1) is 10.8. The second-order valence-corrected chi connectivity index (χ2v) is 3.02. The van der Waals surface area contributed by atoms with E-state index in [4.69, 9.17) is 17.3 Å². The van der Waals surface area contributed by atoms with Gasteiger partial charge in [0.25, 0.3) is 11.7 Å². The van der Waals surface area contributed by atoms with E-state index in [0.29, 0.717) is 0 Å². The van der Waals surface area contributed by atoms with E-state index in [1.165, 1.54) is 6.92 Å². The van der Waals surface area contributed by atoms with Crippen molar-refractivity contribution in [2.24, 2.45) is 0 Å². The molecule has 1 heterocycles. The van der Waals surface area contributed by atoms with Crippen molar-refractivity contribution in [2.45, 2.75) is 13.3 Å². The maximum atomic E-state index is 12.3. The molecule has 0 amide bonds. The number of nitrogens with two attached hydrogens (primary N) is 1. The molecule has 0 spiro atoms. The summed E-state index contributed by atoms with van der Waals surface area (Å²) in [5.74, 6) is 0. The normalized spacial score (nSPS) is 10.6. The third-order valence-corrected chi connectivity index (χ3v) is 2.03. The van der Waals surface area contributed by atoms with Crippen molar-refractivity contribution in [3.63, 3.8) is 0 Å². The largest absolute Gasteiger partial charge is 0.397 e. The van der Waals surface area contributed by atoms with Crippen molar-refractivity contribution in [3.8, 4) is 0 Å². The maximum Gasteiger partial charge on any atom is 0.272 e. The fraction of sp³-hybridized carbons (Fsp3) is 0.250. The number of rotatable bonds is 2. The number of hydrogen-bond acceptors (Lipinski definition) is 3. The molecule has 76 valence electrons. The van der Waals surface area contributed by atoms with Crippen LogP contribution >= 0.6 is 11.6 Å². The summed E-state index contributed by atoms with van der Waals surface area (Å²) in [5, 5.41) is -0.855. The number of alkyl halides is 2. The monoisotopic (exact) mass is 220 g/mol. The first-order chi connectivity index (χ1) is 6.45. The lowest BCUT2D eigenvalue weighted by atomic mass is 10.1. The molecule has 2 N–H and O–H groups in total. The summed E-state index contributed by atoms with van der Waals surface area (Å²) in [6, 6.07) is 0. The van der Waals surface area contributed by atoms with Gasteiger partial charge in [-0.25, -0.2) is 13.8 Å². The molecular formula is C8H7ClF2N2O. The predicted molar refractivity (Wildman–Crippen MR) is 48.5 cm³/mol. The van der Waals surface area contributed by atoms with Gasteiger partial charge in [-0.15, -0.1) is 0 Å². The molecule has 14 heavy (non-hydrogen) atoms. The average Bonchev–Trinajstić information content (AvgIpc) is 2.08. The summed E-state index contributed by atoms with van der Waals surface area (Å²) < 4.78 is 24.7. The van der Waals surface area contributed by atoms with E-state index in [2.05, 4.69) is 4.98 Å². The Hall–Kier alpha value is -1.23. The average molecular weight is 221 g/mol. The van der Waals surface area contributed by atoms with Crippen LogP contribution < -0.4 is 5.73 Å². The number of aromatic nitrogens is 1. The fourth-order valence-corrected chi connectivity index (χ4v) is 1.16. The predicted octanol–water partition coefficient (Wildman–Crippen LogP) is 2.29. The number of pyridine rings is 1. The van der Waals surface area contributed by atoms with Crippen LogP contribution in [0.2, 0.25) is 0 Å². The summed E-state index contributed by atoms with van der Waals surface area (Å²) in [7, 11) is 0. The number of carbonyl (C=O) groups excluding carboxylic acids is 1. The second kappa shape index (κ2) is 3.88. The molecule has 6 heteroatoms. The smallest absolute Gasteiger partial charge is 0.272 e. The highest BCUT2D eigenvalue weighted by Gasteiger charge is 2.18. The Labute approximate surface area is 83.9 Å². The molecule has 0 fully saturated rings. The van der Waals surface area contributed by atoms with Gasteiger partial charge in [0, 0.05) is 11.8 Å². The third-order valence-electron chi connectivity index (χ3n) is 1.85. The van der Waals surface area contributed by atoms with Gasteiger partial charge in [-0.1, -0.05) is 0 Å². The molecule has 0 aliphatic heterocycles. The number of nitrogens with zero attached hydrogens (tertiary/aromatic N) is 1. The molecule has 0 radical (unpaired) electrons. The van der Waals surface area contributed by atoms with Crippen LogP contribution in [0.15, 0.2) is 6.20 Å². The lowest BCUT2D eigenvalue weighted by Crippen LogP contribution is -2.06. The minimum atomic E-state index is -2.66. The minimum Gasteiger partial charge on any atom is -0.397 e. The topological polar surface area (TPSA) is 56.0 Å². The highest BCUT2D eigenvalue weighted by Crippen LogP contribution is 2.27. The Morgan fingerprint density at radius 3 is 2.64 bits per heavy atom. The van der Waals surface area contributed by atoms with E-state index in [1.54, 1.807) is 0 Å². The van der Waals surface area contributed by atoms with Gasteiger partial charge in [-0.3, -0.25) is 4.79 Å². The van der Waals surface area contributed by atoms with E-state index >= 15 is 0 Å². The number of carbonyl (C=O) groups is 1. The van der Waals surface area contributed by atoms with Crippen molar-refractivity contribution < 1.29 is 13.6 Å². The Bertz CT molecular complexity index is 382. The van der Waals surface area contributed by atoms with Gasteiger partial charge in [-0.2, -0.15) is 0 Å². The van der Waals surface area contributed by atoms with Crippen molar-refractivity contribution >= 4 is 22.5 Å². The molecule has 0 saturated carbocycles. The Kier molecular flexibility index (Phi) is 3.00. The van der Waals surface area contributed by atoms with E-state index in [1.807, 2.05) is 0 Å². The lowest BCUT2D eigenvalue weighted by Gasteiger charge is -2.08. The summed E-state index contributed by atoms with van der Waals surface area (Å²) in [5.41, 5.74) is 4.99. The minimum absolute atomic E-state index is 0.0946. The molecule has 1 rings (SSSR count). The van der Waals surface area contributed by atoms with Gasteiger partial charge >= 0.3 is 0 Å². The zero-order valence-electron chi connectivity index (χ0n) is 7.22. The number of anilines is 1. The first-order valence-electron chi connectivity index (χ1n) is 3.68. The molecule has 0 saturated heterocycles. The molecule has 1 aromatic rings. The van der Waals surface area contributed by atoms with Crippen LogP contribution in [0.25, 0.3) is 0 Å². The van der Waals surface area contributed by atoms with Gasteiger partial charge in [-0.05, 0) is 24.1 Å². The van der Waals surface area contributed by atoms with Gasteiger partial charge in [0.2, 0.25) is 0 Å². The third kappa shape index (κ3) is 1.82. The van der Waals surface area contributed by atoms with Gasteiger partial charge in [0.15, 0.2) is 0 Å². The number of hydrogen-bond donors (Lipinski definition) is 1. The van der Waals surface area contributed by atoms with Crippen LogP contribution in [0.5, 0.6) is 0 Å². The van der Waals surface area contributed by atoms with Crippen LogP contribution in [0.1, 0.15) is 28.0 Å². The Balaban J connectivity index is 3.33. The molecule has 0 unspecified atom stereocenters. The molecule has 0 aliphatic rings. The zero-order chi connectivity index (χ0) is 10.9. The highest BCUT2D eigenvalue weighted by atomic mass is 35.5. The van der Waals surface area contributed by atoms with Crippen LogP contribution in [0.3, 0.4) is 0 Å². The van der Waals surface area contributed by atoms with Crippen molar-refractivity contribution in [1.29, 1.82) is 0 Å². The lowest BCUT2D eigenvalue weighted by molar-refractivity contribution is 0.107. The first-order valence-corrected chi connectivity index (χ1v) is 4.06. The summed E-state index contributed by atoms with van der Waals surface area (Å²) in [6.45, 7) is 1.39. The maximum absolute atomic E-state index is 12.3. The Morgan fingerprint density at radius 1 is 1.64 bits per heavy atom. The van der Waals surface area contributed by atoms with Crippen LogP contribution in [-0.4, -0.2) is 10.2 Å². The van der Waals surface area contributed by atoms with E-state index < -0.39 is 11.7 Å². The standard InChI is InChI=1S/C8H7ClF2N2O/c1-3-4(8(10)11)2-13-6(5(3)12)7(9)14/h2,8H,12H2,1H3. The molecular weight excluding hydrogens is 214 g/mol. The van der Waals surface area contributed by atoms with Gasteiger partial charge in [0.05, 0.1) is 5.69 Å². The van der Waals surface area contributed by atoms with Crippen LogP contribution in [0, 0.1) is 6.92 Å².